The molecule has 0 atom stereocenters. The van der Waals surface area contributed by atoms with Crippen molar-refractivity contribution in [1.82, 2.24) is 0 Å². The van der Waals surface area contributed by atoms with Crippen LogP contribution in [0, 0.1) is 11.8 Å². The van der Waals surface area contributed by atoms with Crippen molar-refractivity contribution < 1.29 is 18.0 Å². The van der Waals surface area contributed by atoms with Crippen LogP contribution in [0.1, 0.15) is 25.7 Å². The highest BCUT2D eigenvalue weighted by molar-refractivity contribution is 9.10. The topological polar surface area (TPSA) is 29.1 Å². The Morgan fingerprint density at radius 1 is 1.24 bits per heavy atom. The van der Waals surface area contributed by atoms with Gasteiger partial charge in [-0.2, -0.15) is 13.2 Å². The highest BCUT2D eigenvalue weighted by Crippen LogP contribution is 2.40. The first-order valence-electron chi connectivity index (χ1n) is 6.60. The molecule has 0 aliphatic heterocycles. The van der Waals surface area contributed by atoms with Crippen molar-refractivity contribution in [3.05, 3.63) is 27.7 Å². The Labute approximate surface area is 134 Å². The number of amides is 1. The number of rotatable bonds is 2. The lowest BCUT2D eigenvalue weighted by Gasteiger charge is -2.29. The van der Waals surface area contributed by atoms with E-state index in [4.69, 9.17) is 11.6 Å². The minimum absolute atomic E-state index is 0.0122. The maximum atomic E-state index is 12.6. The molecule has 0 spiro atoms. The number of carbonyl (C=O) groups is 1. The number of nitrogens with one attached hydrogen (secondary N) is 1. The number of hydrogen-bond donors (Lipinski definition) is 1. The Morgan fingerprint density at radius 2 is 1.86 bits per heavy atom. The lowest BCUT2D eigenvalue weighted by molar-refractivity contribution is -0.184. The Hall–Kier alpha value is -0.750. The smallest absolute Gasteiger partial charge is 0.325 e. The second-order valence-electron chi connectivity index (χ2n) is 5.20. The predicted octanol–water partition coefficient (Wildman–Crippen LogP) is 5.41. The van der Waals surface area contributed by atoms with Gasteiger partial charge in [0.05, 0.1) is 11.6 Å². The van der Waals surface area contributed by atoms with Gasteiger partial charge < -0.3 is 5.32 Å². The van der Waals surface area contributed by atoms with E-state index in [9.17, 15) is 18.0 Å². The molecule has 0 heterocycles. The third-order valence-electron chi connectivity index (χ3n) is 3.75. The van der Waals surface area contributed by atoms with Crippen LogP contribution in [0.4, 0.5) is 18.9 Å². The van der Waals surface area contributed by atoms with Crippen molar-refractivity contribution in [1.29, 1.82) is 0 Å². The molecule has 0 aromatic heterocycles. The molecular weight excluding hydrogens is 371 g/mol. The standard InChI is InChI=1S/C14H14BrClF3NO/c15-11-6-5-10(16)7-12(11)20-13(21)8-1-3-9(4-2-8)14(17,18)19/h5-9H,1-4H2,(H,20,21). The van der Waals surface area contributed by atoms with Crippen LogP contribution in [0.3, 0.4) is 0 Å². The predicted molar refractivity (Wildman–Crippen MR) is 79.3 cm³/mol. The summed E-state index contributed by atoms with van der Waals surface area (Å²) in [4.78, 5) is 12.1. The minimum atomic E-state index is -4.16. The van der Waals surface area contributed by atoms with E-state index in [1.165, 1.54) is 0 Å². The van der Waals surface area contributed by atoms with Crippen LogP contribution in [-0.4, -0.2) is 12.1 Å². The molecule has 1 N–H and O–H groups in total. The summed E-state index contributed by atoms with van der Waals surface area (Å²) in [6.07, 6.45) is -3.61. The molecule has 0 bridgehead atoms. The number of anilines is 1. The molecule has 116 valence electrons. The van der Waals surface area contributed by atoms with E-state index in [1.807, 2.05) is 0 Å². The second kappa shape index (κ2) is 6.57. The summed E-state index contributed by atoms with van der Waals surface area (Å²) in [7, 11) is 0. The van der Waals surface area contributed by atoms with Gasteiger partial charge in [0.15, 0.2) is 0 Å². The van der Waals surface area contributed by atoms with E-state index < -0.39 is 12.1 Å². The van der Waals surface area contributed by atoms with Crippen LogP contribution in [0.15, 0.2) is 22.7 Å². The van der Waals surface area contributed by atoms with Crippen molar-refractivity contribution in [3.8, 4) is 0 Å². The van der Waals surface area contributed by atoms with E-state index in [2.05, 4.69) is 21.2 Å². The van der Waals surface area contributed by atoms with Gasteiger partial charge in [0, 0.05) is 15.4 Å². The van der Waals surface area contributed by atoms with Crippen LogP contribution in [-0.2, 0) is 4.79 Å². The molecule has 1 aromatic carbocycles. The zero-order valence-electron chi connectivity index (χ0n) is 11.0. The molecule has 1 fully saturated rings. The Bertz CT molecular complexity index is 527. The fraction of sp³-hybridized carbons (Fsp3) is 0.500. The zero-order chi connectivity index (χ0) is 15.6. The molecule has 1 aromatic rings. The second-order valence-corrected chi connectivity index (χ2v) is 6.49. The molecule has 1 amide bonds. The molecule has 2 rings (SSSR count). The van der Waals surface area contributed by atoms with Gasteiger partial charge in [-0.15, -0.1) is 0 Å². The fourth-order valence-corrected chi connectivity index (χ4v) is 3.03. The summed E-state index contributed by atoms with van der Waals surface area (Å²) in [6, 6.07) is 4.99. The van der Waals surface area contributed by atoms with Gasteiger partial charge in [0.25, 0.3) is 0 Å². The minimum Gasteiger partial charge on any atom is -0.325 e. The summed E-state index contributed by atoms with van der Waals surface area (Å²) < 4.78 is 38.5. The summed E-state index contributed by atoms with van der Waals surface area (Å²) in [5, 5.41) is 3.20. The van der Waals surface area contributed by atoms with E-state index in [-0.39, 0.29) is 37.5 Å². The first kappa shape index (κ1) is 16.6. The fourth-order valence-electron chi connectivity index (χ4n) is 2.51. The molecule has 0 unspecified atom stereocenters. The molecule has 0 radical (unpaired) electrons. The SMILES string of the molecule is O=C(Nc1cc(Cl)ccc1Br)C1CCC(C(F)(F)F)CC1. The molecule has 7 heteroatoms. The monoisotopic (exact) mass is 383 g/mol. The van der Waals surface area contributed by atoms with Crippen LogP contribution in [0.2, 0.25) is 5.02 Å². The van der Waals surface area contributed by atoms with Crippen molar-refractivity contribution in [2.75, 3.05) is 5.32 Å². The van der Waals surface area contributed by atoms with Crippen molar-refractivity contribution in [2.24, 2.45) is 11.8 Å². The molecule has 2 nitrogen and oxygen atoms in total. The number of benzene rings is 1. The van der Waals surface area contributed by atoms with Gasteiger partial charge in [-0.3, -0.25) is 4.79 Å². The quantitative estimate of drug-likeness (QED) is 0.726. The lowest BCUT2D eigenvalue weighted by Crippen LogP contribution is -2.32. The molecule has 0 saturated heterocycles. The number of halogens is 5. The first-order chi connectivity index (χ1) is 9.77. The molecule has 21 heavy (non-hydrogen) atoms. The van der Waals surface area contributed by atoms with E-state index >= 15 is 0 Å². The van der Waals surface area contributed by atoms with Crippen LogP contribution < -0.4 is 5.32 Å². The third kappa shape index (κ3) is 4.36. The summed E-state index contributed by atoms with van der Waals surface area (Å²) in [5.74, 6) is -1.91. The van der Waals surface area contributed by atoms with E-state index in [0.29, 0.717) is 15.2 Å². The number of carbonyl (C=O) groups excluding carboxylic acids is 1. The Balaban J connectivity index is 1.95. The molecule has 1 saturated carbocycles. The van der Waals surface area contributed by atoms with Crippen molar-refractivity contribution in [2.45, 2.75) is 31.9 Å². The van der Waals surface area contributed by atoms with Gasteiger partial charge >= 0.3 is 6.18 Å². The largest absolute Gasteiger partial charge is 0.391 e. The summed E-state index contributed by atoms with van der Waals surface area (Å²) in [6.45, 7) is 0. The number of alkyl halides is 3. The van der Waals surface area contributed by atoms with Crippen LogP contribution >= 0.6 is 27.5 Å². The summed E-state index contributed by atoms with van der Waals surface area (Å²) >= 11 is 9.15. The first-order valence-corrected chi connectivity index (χ1v) is 7.77. The maximum absolute atomic E-state index is 12.6. The molecule has 1 aliphatic carbocycles. The summed E-state index contributed by atoms with van der Waals surface area (Å²) in [5.41, 5.74) is 0.533. The van der Waals surface area contributed by atoms with Crippen molar-refractivity contribution >= 4 is 39.1 Å². The highest BCUT2D eigenvalue weighted by atomic mass is 79.9. The lowest BCUT2D eigenvalue weighted by atomic mass is 9.81. The normalized spacial score (nSPS) is 22.9. The van der Waals surface area contributed by atoms with Gasteiger partial charge in [0.2, 0.25) is 5.91 Å². The van der Waals surface area contributed by atoms with Gasteiger partial charge in [-0.1, -0.05) is 11.6 Å². The Kier molecular flexibility index (Phi) is 5.20. The molecular formula is C14H14BrClF3NO. The van der Waals surface area contributed by atoms with Crippen molar-refractivity contribution in [3.63, 3.8) is 0 Å². The maximum Gasteiger partial charge on any atom is 0.391 e. The van der Waals surface area contributed by atoms with E-state index in [1.54, 1.807) is 18.2 Å². The van der Waals surface area contributed by atoms with Gasteiger partial charge in [-0.25, -0.2) is 0 Å². The zero-order valence-corrected chi connectivity index (χ0v) is 13.4. The van der Waals surface area contributed by atoms with Crippen LogP contribution in [0.25, 0.3) is 0 Å². The third-order valence-corrected chi connectivity index (χ3v) is 4.67. The molecule has 1 aliphatic rings. The van der Waals surface area contributed by atoms with Crippen LogP contribution in [0.5, 0.6) is 0 Å². The van der Waals surface area contributed by atoms with Gasteiger partial charge in [0.1, 0.15) is 0 Å². The highest BCUT2D eigenvalue weighted by Gasteiger charge is 2.42. The Morgan fingerprint density at radius 3 is 2.43 bits per heavy atom. The van der Waals surface area contributed by atoms with Gasteiger partial charge in [-0.05, 0) is 59.8 Å². The average molecular weight is 385 g/mol. The number of hydrogen-bond acceptors (Lipinski definition) is 1. The van der Waals surface area contributed by atoms with E-state index in [0.717, 1.165) is 0 Å². The average Bonchev–Trinajstić information content (AvgIpc) is 2.42.